The van der Waals surface area contributed by atoms with Gasteiger partial charge in [0.25, 0.3) is 0 Å². The third-order valence-corrected chi connectivity index (χ3v) is 3.61. The van der Waals surface area contributed by atoms with Crippen LogP contribution >= 0.6 is 15.9 Å². The Hall–Kier alpha value is -0.425. The summed E-state index contributed by atoms with van der Waals surface area (Å²) < 4.78 is 6.18. The second kappa shape index (κ2) is 5.06. The van der Waals surface area contributed by atoms with Gasteiger partial charge in [-0.25, -0.2) is 0 Å². The Labute approximate surface area is 110 Å². The minimum Gasteiger partial charge on any atom is -0.423 e. The molecule has 0 saturated carbocycles. The van der Waals surface area contributed by atoms with E-state index in [0.717, 1.165) is 0 Å². The first-order chi connectivity index (χ1) is 7.65. The van der Waals surface area contributed by atoms with E-state index in [2.05, 4.69) is 20.9 Å². The Morgan fingerprint density at radius 1 is 1.35 bits per heavy atom. The van der Waals surface area contributed by atoms with E-state index in [4.69, 9.17) is 4.65 Å². The molecular formula is C11H17BBrNO3. The SMILES string of the molecule is CC(C)(O)C(C)(C)OB(O)c1ccncc1Br. The topological polar surface area (TPSA) is 62.6 Å². The van der Waals surface area contributed by atoms with E-state index < -0.39 is 18.3 Å². The summed E-state index contributed by atoms with van der Waals surface area (Å²) in [5, 5.41) is 20.0. The quantitative estimate of drug-likeness (QED) is 0.818. The summed E-state index contributed by atoms with van der Waals surface area (Å²) in [4.78, 5) is 3.91. The summed E-state index contributed by atoms with van der Waals surface area (Å²) in [5.41, 5.74) is -1.36. The van der Waals surface area contributed by atoms with E-state index in [1.807, 2.05) is 0 Å². The van der Waals surface area contributed by atoms with Gasteiger partial charge >= 0.3 is 7.12 Å². The highest BCUT2D eigenvalue weighted by atomic mass is 79.9. The molecule has 0 amide bonds. The minimum atomic E-state index is -1.12. The molecule has 0 radical (unpaired) electrons. The van der Waals surface area contributed by atoms with Crippen molar-refractivity contribution in [3.05, 3.63) is 22.9 Å². The maximum absolute atomic E-state index is 10.0. The van der Waals surface area contributed by atoms with E-state index in [-0.39, 0.29) is 0 Å². The van der Waals surface area contributed by atoms with E-state index in [1.165, 1.54) is 0 Å². The van der Waals surface area contributed by atoms with Crippen LogP contribution in [-0.2, 0) is 4.65 Å². The molecule has 2 N–H and O–H groups in total. The zero-order chi connectivity index (χ0) is 13.3. The highest BCUT2D eigenvalue weighted by Crippen LogP contribution is 2.25. The standard InChI is InChI=1S/C11H17BBrNO3/c1-10(2,15)11(3,4)17-12(16)8-5-6-14-7-9(8)13/h5-7,15-16H,1-4H3. The zero-order valence-electron chi connectivity index (χ0n) is 10.4. The lowest BCUT2D eigenvalue weighted by atomic mass is 9.77. The molecule has 1 aromatic heterocycles. The van der Waals surface area contributed by atoms with Gasteiger partial charge in [0.2, 0.25) is 0 Å². The highest BCUT2D eigenvalue weighted by Gasteiger charge is 2.39. The molecule has 0 aromatic carbocycles. The fourth-order valence-corrected chi connectivity index (χ4v) is 1.52. The number of hydrogen-bond acceptors (Lipinski definition) is 4. The smallest absolute Gasteiger partial charge is 0.423 e. The molecule has 0 atom stereocenters. The Morgan fingerprint density at radius 2 is 1.94 bits per heavy atom. The van der Waals surface area contributed by atoms with Crippen LogP contribution in [0.3, 0.4) is 0 Å². The molecular weight excluding hydrogens is 285 g/mol. The molecule has 0 aliphatic heterocycles. The molecule has 0 spiro atoms. The number of rotatable bonds is 4. The normalized spacial score (nSPS) is 12.6. The van der Waals surface area contributed by atoms with Crippen molar-refractivity contribution in [1.82, 2.24) is 4.98 Å². The van der Waals surface area contributed by atoms with Crippen molar-refractivity contribution in [1.29, 1.82) is 0 Å². The lowest BCUT2D eigenvalue weighted by Crippen LogP contribution is -2.53. The largest absolute Gasteiger partial charge is 0.492 e. The van der Waals surface area contributed by atoms with Crippen molar-refractivity contribution in [2.75, 3.05) is 0 Å². The van der Waals surface area contributed by atoms with Gasteiger partial charge in [0.05, 0.1) is 11.2 Å². The third kappa shape index (κ3) is 3.52. The molecule has 4 nitrogen and oxygen atoms in total. The van der Waals surface area contributed by atoms with Crippen LogP contribution in [0.25, 0.3) is 0 Å². The molecule has 0 fully saturated rings. The van der Waals surface area contributed by atoms with Crippen molar-refractivity contribution in [2.45, 2.75) is 38.9 Å². The second-order valence-electron chi connectivity index (χ2n) is 4.94. The van der Waals surface area contributed by atoms with Gasteiger partial charge in [-0.2, -0.15) is 0 Å². The minimum absolute atomic E-state index is 0.581. The summed E-state index contributed by atoms with van der Waals surface area (Å²) in [6.45, 7) is 6.74. The van der Waals surface area contributed by atoms with Crippen molar-refractivity contribution >= 4 is 28.5 Å². The van der Waals surface area contributed by atoms with E-state index in [9.17, 15) is 10.1 Å². The van der Waals surface area contributed by atoms with Crippen LogP contribution in [-0.4, -0.2) is 33.4 Å². The molecule has 17 heavy (non-hydrogen) atoms. The van der Waals surface area contributed by atoms with Crippen LogP contribution in [0.15, 0.2) is 22.9 Å². The molecule has 0 aliphatic carbocycles. The summed E-state index contributed by atoms with van der Waals surface area (Å²) in [6.07, 6.45) is 3.16. The van der Waals surface area contributed by atoms with Gasteiger partial charge in [0.15, 0.2) is 0 Å². The monoisotopic (exact) mass is 301 g/mol. The van der Waals surface area contributed by atoms with Gasteiger partial charge in [-0.3, -0.25) is 4.98 Å². The van der Waals surface area contributed by atoms with Crippen LogP contribution in [0.2, 0.25) is 0 Å². The van der Waals surface area contributed by atoms with Crippen LogP contribution in [0.4, 0.5) is 0 Å². The lowest BCUT2D eigenvalue weighted by molar-refractivity contribution is -0.0982. The average molecular weight is 302 g/mol. The molecule has 0 unspecified atom stereocenters. The van der Waals surface area contributed by atoms with Crippen LogP contribution in [0.1, 0.15) is 27.7 Å². The average Bonchev–Trinajstić information content (AvgIpc) is 2.15. The van der Waals surface area contributed by atoms with Crippen molar-refractivity contribution < 1.29 is 14.8 Å². The van der Waals surface area contributed by atoms with Gasteiger partial charge in [-0.1, -0.05) is 0 Å². The molecule has 94 valence electrons. The number of pyridine rings is 1. The van der Waals surface area contributed by atoms with E-state index in [0.29, 0.717) is 9.94 Å². The lowest BCUT2D eigenvalue weighted by Gasteiger charge is -2.38. The van der Waals surface area contributed by atoms with Crippen molar-refractivity contribution in [3.63, 3.8) is 0 Å². The zero-order valence-corrected chi connectivity index (χ0v) is 12.0. The Balaban J connectivity index is 2.87. The first-order valence-electron chi connectivity index (χ1n) is 5.33. The molecule has 1 heterocycles. The fraction of sp³-hybridized carbons (Fsp3) is 0.545. The Kier molecular flexibility index (Phi) is 4.35. The van der Waals surface area contributed by atoms with Gasteiger partial charge < -0.3 is 14.8 Å². The van der Waals surface area contributed by atoms with Crippen molar-refractivity contribution in [3.8, 4) is 0 Å². The summed E-state index contributed by atoms with van der Waals surface area (Å²) >= 11 is 3.29. The predicted molar refractivity (Wildman–Crippen MR) is 71.0 cm³/mol. The van der Waals surface area contributed by atoms with Gasteiger partial charge in [-0.15, -0.1) is 0 Å². The van der Waals surface area contributed by atoms with Gasteiger partial charge in [0.1, 0.15) is 0 Å². The molecule has 0 saturated heterocycles. The predicted octanol–water partition coefficient (Wildman–Crippen LogP) is 1.10. The number of hydrogen-bond donors (Lipinski definition) is 2. The Bertz CT molecular complexity index is 393. The maximum atomic E-state index is 10.0. The molecule has 6 heteroatoms. The Morgan fingerprint density at radius 3 is 2.41 bits per heavy atom. The second-order valence-corrected chi connectivity index (χ2v) is 5.79. The van der Waals surface area contributed by atoms with Crippen LogP contribution < -0.4 is 5.46 Å². The van der Waals surface area contributed by atoms with E-state index >= 15 is 0 Å². The third-order valence-electron chi connectivity index (χ3n) is 2.95. The van der Waals surface area contributed by atoms with Gasteiger partial charge in [-0.05, 0) is 55.2 Å². The molecule has 1 rings (SSSR count). The summed E-state index contributed by atoms with van der Waals surface area (Å²) in [7, 11) is -1.12. The fourth-order valence-electron chi connectivity index (χ4n) is 1.07. The first kappa shape index (κ1) is 14.6. The number of nitrogens with zero attached hydrogens (tertiary/aromatic N) is 1. The number of aromatic nitrogens is 1. The van der Waals surface area contributed by atoms with Crippen molar-refractivity contribution in [2.24, 2.45) is 0 Å². The van der Waals surface area contributed by atoms with Crippen LogP contribution in [0, 0.1) is 0 Å². The maximum Gasteiger partial charge on any atom is 0.492 e. The molecule has 1 aromatic rings. The molecule has 0 bridgehead atoms. The van der Waals surface area contributed by atoms with Gasteiger partial charge in [0, 0.05) is 16.9 Å². The first-order valence-corrected chi connectivity index (χ1v) is 6.12. The number of halogens is 1. The van der Waals surface area contributed by atoms with Crippen LogP contribution in [0.5, 0.6) is 0 Å². The van der Waals surface area contributed by atoms with E-state index in [1.54, 1.807) is 46.2 Å². The summed E-state index contributed by atoms with van der Waals surface area (Å²) in [5.74, 6) is 0. The summed E-state index contributed by atoms with van der Waals surface area (Å²) in [6, 6.07) is 1.66. The number of aliphatic hydroxyl groups is 1. The molecule has 0 aliphatic rings. The highest BCUT2D eigenvalue weighted by molar-refractivity contribution is 9.10.